The summed E-state index contributed by atoms with van der Waals surface area (Å²) >= 11 is 4.97. The van der Waals surface area contributed by atoms with Gasteiger partial charge in [-0.3, -0.25) is 4.79 Å². The van der Waals surface area contributed by atoms with Gasteiger partial charge in [0.05, 0.1) is 16.5 Å². The molecule has 0 N–H and O–H groups in total. The zero-order valence-corrected chi connectivity index (χ0v) is 17.3. The average molecular weight is 446 g/mol. The topological polar surface area (TPSA) is 71.7 Å². The van der Waals surface area contributed by atoms with Crippen LogP contribution in [0.15, 0.2) is 27.7 Å². The SMILES string of the molecule is CCn1c(=NC(=O)C2CCN(S(C)(=O)=O)CC2)sc2cc(Br)ccc21. The second-order valence-electron chi connectivity index (χ2n) is 6.13. The summed E-state index contributed by atoms with van der Waals surface area (Å²) in [5, 5.41) is 0. The fourth-order valence-corrected chi connectivity index (χ4v) is 5.58. The Hall–Kier alpha value is -1.03. The number of nitrogens with zero attached hydrogens (tertiary/aromatic N) is 3. The molecule has 136 valence electrons. The molecule has 3 rings (SSSR count). The van der Waals surface area contributed by atoms with Gasteiger partial charge in [0.1, 0.15) is 0 Å². The fourth-order valence-electron chi connectivity index (χ4n) is 3.06. The van der Waals surface area contributed by atoms with Gasteiger partial charge in [0.2, 0.25) is 10.0 Å². The highest BCUT2D eigenvalue weighted by Crippen LogP contribution is 2.23. The summed E-state index contributed by atoms with van der Waals surface area (Å²) in [6.45, 7) is 3.54. The Morgan fingerprint density at radius 2 is 2.04 bits per heavy atom. The lowest BCUT2D eigenvalue weighted by atomic mass is 9.98. The quantitative estimate of drug-likeness (QED) is 0.728. The predicted molar refractivity (Wildman–Crippen MR) is 103 cm³/mol. The molecule has 0 saturated carbocycles. The van der Waals surface area contributed by atoms with Crippen molar-refractivity contribution in [2.45, 2.75) is 26.3 Å². The Balaban J connectivity index is 1.86. The van der Waals surface area contributed by atoms with Crippen molar-refractivity contribution in [3.63, 3.8) is 0 Å². The Morgan fingerprint density at radius 3 is 2.64 bits per heavy atom. The van der Waals surface area contributed by atoms with Crippen molar-refractivity contribution >= 4 is 53.4 Å². The zero-order chi connectivity index (χ0) is 18.2. The van der Waals surface area contributed by atoms with Gasteiger partial charge in [0.25, 0.3) is 5.91 Å². The number of hydrogen-bond donors (Lipinski definition) is 0. The van der Waals surface area contributed by atoms with Crippen LogP contribution in [0.1, 0.15) is 19.8 Å². The number of thiazole rings is 1. The normalized spacial score (nSPS) is 18.1. The first-order valence-electron chi connectivity index (χ1n) is 8.12. The number of aryl methyl sites for hydroxylation is 1. The van der Waals surface area contributed by atoms with Gasteiger partial charge in [-0.15, -0.1) is 0 Å². The minimum atomic E-state index is -3.18. The van der Waals surface area contributed by atoms with Crippen molar-refractivity contribution in [2.24, 2.45) is 10.9 Å². The van der Waals surface area contributed by atoms with Crippen molar-refractivity contribution in [3.8, 4) is 0 Å². The molecule has 1 amide bonds. The molecule has 1 aromatic carbocycles. The van der Waals surface area contributed by atoms with Crippen molar-refractivity contribution in [2.75, 3.05) is 19.3 Å². The van der Waals surface area contributed by atoms with Crippen molar-refractivity contribution < 1.29 is 13.2 Å². The predicted octanol–water partition coefficient (Wildman–Crippen LogP) is 2.58. The largest absolute Gasteiger partial charge is 0.317 e. The van der Waals surface area contributed by atoms with Crippen LogP contribution in [0.5, 0.6) is 0 Å². The maximum Gasteiger partial charge on any atom is 0.251 e. The molecule has 1 saturated heterocycles. The number of sulfonamides is 1. The summed E-state index contributed by atoms with van der Waals surface area (Å²) in [4.78, 5) is 17.7. The molecule has 0 bridgehead atoms. The van der Waals surface area contributed by atoms with Crippen LogP contribution in [0.4, 0.5) is 0 Å². The third-order valence-electron chi connectivity index (χ3n) is 4.44. The van der Waals surface area contributed by atoms with Gasteiger partial charge in [0.15, 0.2) is 4.80 Å². The van der Waals surface area contributed by atoms with Crippen LogP contribution in [0.2, 0.25) is 0 Å². The van der Waals surface area contributed by atoms with Gasteiger partial charge in [0, 0.05) is 30.0 Å². The van der Waals surface area contributed by atoms with E-state index in [4.69, 9.17) is 0 Å². The smallest absolute Gasteiger partial charge is 0.251 e. The van der Waals surface area contributed by atoms with Crippen LogP contribution in [-0.4, -0.2) is 42.5 Å². The first-order chi connectivity index (χ1) is 11.8. The molecule has 0 atom stereocenters. The van der Waals surface area contributed by atoms with Crippen LogP contribution in [0, 0.1) is 5.92 Å². The summed E-state index contributed by atoms with van der Waals surface area (Å²) in [7, 11) is -3.18. The lowest BCUT2D eigenvalue weighted by Crippen LogP contribution is -2.39. The molecule has 0 radical (unpaired) electrons. The standard InChI is InChI=1S/C16H20BrN3O3S2/c1-3-20-13-5-4-12(17)10-14(13)24-16(20)18-15(21)11-6-8-19(9-7-11)25(2,22)23/h4-5,10-11H,3,6-9H2,1-2H3. The van der Waals surface area contributed by atoms with Crippen molar-refractivity contribution in [1.82, 2.24) is 8.87 Å². The van der Waals surface area contributed by atoms with E-state index in [1.54, 1.807) is 0 Å². The van der Waals surface area contributed by atoms with E-state index in [1.165, 1.54) is 21.9 Å². The Morgan fingerprint density at radius 1 is 1.36 bits per heavy atom. The second kappa shape index (κ2) is 7.30. The lowest BCUT2D eigenvalue weighted by Gasteiger charge is -2.28. The number of halogens is 1. The monoisotopic (exact) mass is 445 g/mol. The number of carbonyl (C=O) groups excluding carboxylic acids is 1. The molecule has 2 heterocycles. The van der Waals surface area contributed by atoms with Crippen LogP contribution in [0.3, 0.4) is 0 Å². The average Bonchev–Trinajstić information content (AvgIpc) is 2.90. The maximum atomic E-state index is 12.6. The molecule has 1 aliphatic heterocycles. The zero-order valence-electron chi connectivity index (χ0n) is 14.1. The van der Waals surface area contributed by atoms with Crippen molar-refractivity contribution in [3.05, 3.63) is 27.5 Å². The number of benzene rings is 1. The number of hydrogen-bond acceptors (Lipinski definition) is 4. The van der Waals surface area contributed by atoms with E-state index in [0.717, 1.165) is 21.2 Å². The van der Waals surface area contributed by atoms with E-state index in [0.29, 0.717) is 30.7 Å². The number of aromatic nitrogens is 1. The van der Waals surface area contributed by atoms with Crippen LogP contribution in [-0.2, 0) is 21.4 Å². The van der Waals surface area contributed by atoms with Crippen molar-refractivity contribution in [1.29, 1.82) is 0 Å². The number of amides is 1. The fraction of sp³-hybridized carbons (Fsp3) is 0.500. The molecule has 0 spiro atoms. The highest BCUT2D eigenvalue weighted by molar-refractivity contribution is 9.10. The van der Waals surface area contributed by atoms with Crippen LogP contribution >= 0.6 is 27.3 Å². The Kier molecular flexibility index (Phi) is 5.48. The third-order valence-corrected chi connectivity index (χ3v) is 7.28. The molecule has 1 aromatic heterocycles. The molecule has 6 nitrogen and oxygen atoms in total. The van der Waals surface area contributed by atoms with Gasteiger partial charge < -0.3 is 4.57 Å². The summed E-state index contributed by atoms with van der Waals surface area (Å²) in [5.41, 5.74) is 1.06. The maximum absolute atomic E-state index is 12.6. The molecule has 0 unspecified atom stereocenters. The summed E-state index contributed by atoms with van der Waals surface area (Å²) in [6.07, 6.45) is 2.26. The number of fused-ring (bicyclic) bond motifs is 1. The van der Waals surface area contributed by atoms with E-state index in [9.17, 15) is 13.2 Å². The highest BCUT2D eigenvalue weighted by Gasteiger charge is 2.28. The summed E-state index contributed by atoms with van der Waals surface area (Å²) < 4.78 is 28.7. The lowest BCUT2D eigenvalue weighted by molar-refractivity contribution is -0.122. The molecule has 1 aliphatic rings. The number of piperidine rings is 1. The van der Waals surface area contributed by atoms with E-state index < -0.39 is 10.0 Å². The molecule has 0 aliphatic carbocycles. The molecular weight excluding hydrogens is 426 g/mol. The van der Waals surface area contributed by atoms with E-state index in [-0.39, 0.29) is 11.8 Å². The number of carbonyl (C=O) groups is 1. The first-order valence-corrected chi connectivity index (χ1v) is 11.6. The van der Waals surface area contributed by atoms with Gasteiger partial charge in [-0.1, -0.05) is 27.3 Å². The third kappa shape index (κ3) is 4.05. The summed E-state index contributed by atoms with van der Waals surface area (Å²) in [5.74, 6) is -0.360. The van der Waals surface area contributed by atoms with E-state index in [1.807, 2.05) is 29.7 Å². The first kappa shape index (κ1) is 18.8. The van der Waals surface area contributed by atoms with Crippen LogP contribution in [0.25, 0.3) is 10.2 Å². The summed E-state index contributed by atoms with van der Waals surface area (Å²) in [6, 6.07) is 6.03. The van der Waals surface area contributed by atoms with E-state index in [2.05, 4.69) is 20.9 Å². The van der Waals surface area contributed by atoms with Gasteiger partial charge in [-0.25, -0.2) is 12.7 Å². The molecule has 9 heteroatoms. The second-order valence-corrected chi connectivity index (χ2v) is 10.0. The Bertz CT molecular complexity index is 970. The molecule has 2 aromatic rings. The van der Waals surface area contributed by atoms with Gasteiger partial charge in [-0.05, 0) is 38.0 Å². The van der Waals surface area contributed by atoms with E-state index >= 15 is 0 Å². The molecule has 1 fully saturated rings. The molecule has 25 heavy (non-hydrogen) atoms. The van der Waals surface area contributed by atoms with Gasteiger partial charge in [-0.2, -0.15) is 4.99 Å². The number of rotatable bonds is 3. The highest BCUT2D eigenvalue weighted by atomic mass is 79.9. The minimum absolute atomic E-state index is 0.152. The van der Waals surface area contributed by atoms with Gasteiger partial charge >= 0.3 is 0 Å². The van der Waals surface area contributed by atoms with Crippen LogP contribution < -0.4 is 4.80 Å². The Labute approximate surface area is 159 Å². The molecular formula is C16H20BrN3O3S2. The minimum Gasteiger partial charge on any atom is -0.317 e.